The molecule has 17 heavy (non-hydrogen) atoms. The van der Waals surface area contributed by atoms with Crippen molar-refractivity contribution >= 4 is 5.97 Å². The third kappa shape index (κ3) is 4.47. The molecule has 1 N–H and O–H groups in total. The summed E-state index contributed by atoms with van der Waals surface area (Å²) in [5.74, 6) is 0.506. The summed E-state index contributed by atoms with van der Waals surface area (Å²) in [5, 5.41) is 8.67. The lowest BCUT2D eigenvalue weighted by molar-refractivity contribution is -0.138. The van der Waals surface area contributed by atoms with E-state index in [9.17, 15) is 4.79 Å². The molecule has 1 rings (SSSR count). The molecular formula is C14H20O3. The van der Waals surface area contributed by atoms with Gasteiger partial charge in [-0.15, -0.1) is 0 Å². The molecule has 0 fully saturated rings. The number of hydrogen-bond donors (Lipinski definition) is 1. The number of aliphatic carboxylic acids is 1. The van der Waals surface area contributed by atoms with Gasteiger partial charge in [0, 0.05) is 5.92 Å². The van der Waals surface area contributed by atoms with Crippen molar-refractivity contribution in [2.24, 2.45) is 5.92 Å². The zero-order valence-electron chi connectivity index (χ0n) is 10.6. The van der Waals surface area contributed by atoms with Gasteiger partial charge in [-0.3, -0.25) is 4.79 Å². The Kier molecular flexibility index (Phi) is 5.01. The van der Waals surface area contributed by atoms with Gasteiger partial charge >= 0.3 is 5.97 Å². The van der Waals surface area contributed by atoms with Crippen molar-refractivity contribution in [2.45, 2.75) is 33.1 Å². The number of carboxylic acids is 1. The number of carboxylic acid groups (broad SMARTS) is 1. The van der Waals surface area contributed by atoms with Crippen LogP contribution in [0.25, 0.3) is 0 Å². The van der Waals surface area contributed by atoms with Gasteiger partial charge in [-0.2, -0.15) is 0 Å². The fraction of sp³-hybridized carbons (Fsp3) is 0.500. The highest BCUT2D eigenvalue weighted by Crippen LogP contribution is 2.26. The molecular weight excluding hydrogens is 216 g/mol. The van der Waals surface area contributed by atoms with Crippen LogP contribution in [-0.2, 0) is 4.79 Å². The zero-order chi connectivity index (χ0) is 12.8. The first-order valence-corrected chi connectivity index (χ1v) is 5.94. The summed E-state index contributed by atoms with van der Waals surface area (Å²) >= 11 is 0. The molecule has 1 atom stereocenters. The molecule has 0 bridgehead atoms. The monoisotopic (exact) mass is 236 g/mol. The second-order valence-corrected chi connectivity index (χ2v) is 4.71. The number of rotatable bonds is 6. The standard InChI is InChI=1S/C14H20O3/c1-10(2)12-6-4-5-7-13(12)17-9-11(3)8-14(15)16/h4-7,10-11H,8-9H2,1-3H3,(H,15,16). The molecule has 1 aromatic rings. The molecule has 3 nitrogen and oxygen atoms in total. The fourth-order valence-corrected chi connectivity index (χ4v) is 1.68. The average Bonchev–Trinajstić information content (AvgIpc) is 2.25. The van der Waals surface area contributed by atoms with Crippen molar-refractivity contribution in [3.8, 4) is 5.75 Å². The molecule has 0 aromatic heterocycles. The van der Waals surface area contributed by atoms with Crippen LogP contribution in [0.4, 0.5) is 0 Å². The van der Waals surface area contributed by atoms with E-state index in [-0.39, 0.29) is 12.3 Å². The molecule has 1 unspecified atom stereocenters. The Bertz CT molecular complexity index is 371. The van der Waals surface area contributed by atoms with Gasteiger partial charge in [-0.1, -0.05) is 39.0 Å². The average molecular weight is 236 g/mol. The topological polar surface area (TPSA) is 46.5 Å². The van der Waals surface area contributed by atoms with Crippen LogP contribution in [-0.4, -0.2) is 17.7 Å². The third-order valence-electron chi connectivity index (χ3n) is 2.59. The SMILES string of the molecule is CC(COc1ccccc1C(C)C)CC(=O)O. The second kappa shape index (κ2) is 6.28. The molecule has 0 saturated heterocycles. The number of benzene rings is 1. The molecule has 3 heteroatoms. The normalized spacial score (nSPS) is 12.5. The van der Waals surface area contributed by atoms with Crippen molar-refractivity contribution in [1.29, 1.82) is 0 Å². The summed E-state index contributed by atoms with van der Waals surface area (Å²) in [6.07, 6.45) is 0.143. The molecule has 1 aromatic carbocycles. The smallest absolute Gasteiger partial charge is 0.303 e. The summed E-state index contributed by atoms with van der Waals surface area (Å²) in [6, 6.07) is 7.90. The highest BCUT2D eigenvalue weighted by molar-refractivity contribution is 5.66. The minimum absolute atomic E-state index is 0.0210. The predicted octanol–water partition coefficient (Wildman–Crippen LogP) is 3.30. The van der Waals surface area contributed by atoms with Crippen LogP contribution in [0.3, 0.4) is 0 Å². The second-order valence-electron chi connectivity index (χ2n) is 4.71. The van der Waals surface area contributed by atoms with Gasteiger partial charge in [0.05, 0.1) is 13.0 Å². The van der Waals surface area contributed by atoms with Crippen molar-refractivity contribution in [1.82, 2.24) is 0 Å². The van der Waals surface area contributed by atoms with Crippen LogP contribution in [0.2, 0.25) is 0 Å². The van der Waals surface area contributed by atoms with Crippen LogP contribution in [0.15, 0.2) is 24.3 Å². The van der Waals surface area contributed by atoms with Crippen LogP contribution in [0.1, 0.15) is 38.7 Å². The number of para-hydroxylation sites is 1. The lowest BCUT2D eigenvalue weighted by atomic mass is 10.0. The predicted molar refractivity (Wildman–Crippen MR) is 67.4 cm³/mol. The van der Waals surface area contributed by atoms with Crippen molar-refractivity contribution in [3.05, 3.63) is 29.8 Å². The lowest BCUT2D eigenvalue weighted by Gasteiger charge is -2.16. The Hall–Kier alpha value is -1.51. The number of ether oxygens (including phenoxy) is 1. The highest BCUT2D eigenvalue weighted by atomic mass is 16.5. The summed E-state index contributed by atoms with van der Waals surface area (Å²) in [5.41, 5.74) is 1.16. The third-order valence-corrected chi connectivity index (χ3v) is 2.59. The minimum Gasteiger partial charge on any atom is -0.493 e. The number of carbonyl (C=O) groups is 1. The summed E-state index contributed by atoms with van der Waals surface area (Å²) in [7, 11) is 0. The van der Waals surface area contributed by atoms with E-state index in [0.29, 0.717) is 12.5 Å². The molecule has 0 saturated carbocycles. The number of hydrogen-bond acceptors (Lipinski definition) is 2. The van der Waals surface area contributed by atoms with Gasteiger partial charge < -0.3 is 9.84 Å². The fourth-order valence-electron chi connectivity index (χ4n) is 1.68. The molecule has 0 heterocycles. The molecule has 0 amide bonds. The first kappa shape index (κ1) is 13.6. The zero-order valence-corrected chi connectivity index (χ0v) is 10.6. The Morgan fingerprint density at radius 2 is 1.94 bits per heavy atom. The van der Waals surface area contributed by atoms with Crippen molar-refractivity contribution in [2.75, 3.05) is 6.61 Å². The van der Waals surface area contributed by atoms with Gasteiger partial charge in [0.15, 0.2) is 0 Å². The highest BCUT2D eigenvalue weighted by Gasteiger charge is 2.11. The van der Waals surface area contributed by atoms with E-state index in [2.05, 4.69) is 13.8 Å². The summed E-state index contributed by atoms with van der Waals surface area (Å²) in [4.78, 5) is 10.5. The van der Waals surface area contributed by atoms with E-state index >= 15 is 0 Å². The Balaban J connectivity index is 2.60. The Labute approximate surface area is 102 Å². The minimum atomic E-state index is -0.779. The van der Waals surface area contributed by atoms with Crippen LogP contribution in [0.5, 0.6) is 5.75 Å². The van der Waals surface area contributed by atoms with Gasteiger partial charge in [0.2, 0.25) is 0 Å². The van der Waals surface area contributed by atoms with E-state index < -0.39 is 5.97 Å². The summed E-state index contributed by atoms with van der Waals surface area (Å²) < 4.78 is 5.70. The molecule has 94 valence electrons. The van der Waals surface area contributed by atoms with Crippen LogP contribution in [0, 0.1) is 5.92 Å². The molecule has 0 aliphatic carbocycles. The van der Waals surface area contributed by atoms with Gasteiger partial charge in [-0.05, 0) is 17.5 Å². The van der Waals surface area contributed by atoms with E-state index in [4.69, 9.17) is 9.84 Å². The van der Waals surface area contributed by atoms with Gasteiger partial charge in [-0.25, -0.2) is 0 Å². The molecule has 0 spiro atoms. The van der Waals surface area contributed by atoms with Crippen molar-refractivity contribution in [3.63, 3.8) is 0 Å². The van der Waals surface area contributed by atoms with Crippen molar-refractivity contribution < 1.29 is 14.6 Å². The van der Waals surface area contributed by atoms with E-state index in [0.717, 1.165) is 11.3 Å². The van der Waals surface area contributed by atoms with E-state index in [1.807, 2.05) is 31.2 Å². The molecule has 0 aliphatic rings. The first-order valence-electron chi connectivity index (χ1n) is 5.94. The van der Waals surface area contributed by atoms with E-state index in [1.165, 1.54) is 0 Å². The van der Waals surface area contributed by atoms with Crippen LogP contribution < -0.4 is 4.74 Å². The maximum atomic E-state index is 10.5. The Morgan fingerprint density at radius 1 is 1.29 bits per heavy atom. The summed E-state index contributed by atoms with van der Waals surface area (Å²) in [6.45, 7) is 6.55. The molecule has 0 aliphatic heterocycles. The van der Waals surface area contributed by atoms with Gasteiger partial charge in [0.1, 0.15) is 5.75 Å². The first-order chi connectivity index (χ1) is 8.00. The lowest BCUT2D eigenvalue weighted by Crippen LogP contribution is -2.13. The van der Waals surface area contributed by atoms with E-state index in [1.54, 1.807) is 0 Å². The Morgan fingerprint density at radius 3 is 2.53 bits per heavy atom. The maximum absolute atomic E-state index is 10.5. The quantitative estimate of drug-likeness (QED) is 0.824. The molecule has 0 radical (unpaired) electrons. The van der Waals surface area contributed by atoms with Crippen LogP contribution >= 0.6 is 0 Å². The maximum Gasteiger partial charge on any atom is 0.303 e. The largest absolute Gasteiger partial charge is 0.493 e. The van der Waals surface area contributed by atoms with Gasteiger partial charge in [0.25, 0.3) is 0 Å².